The molecule has 2 heterocycles. The Bertz CT molecular complexity index is 874. The molecule has 128 valence electrons. The van der Waals surface area contributed by atoms with Crippen LogP contribution < -0.4 is 14.8 Å². The highest BCUT2D eigenvalue weighted by Crippen LogP contribution is 2.40. The second-order valence-electron chi connectivity index (χ2n) is 5.25. The summed E-state index contributed by atoms with van der Waals surface area (Å²) in [5, 5.41) is 13.0. The van der Waals surface area contributed by atoms with E-state index in [2.05, 4.69) is 15.5 Å². The Balaban J connectivity index is 1.41. The Morgan fingerprint density at radius 1 is 1.12 bits per heavy atom. The second kappa shape index (κ2) is 7.51. The maximum Gasteiger partial charge on any atom is 0.210 e. The zero-order chi connectivity index (χ0) is 17.1. The van der Waals surface area contributed by atoms with Crippen LogP contribution in [0, 0.1) is 0 Å². The smallest absolute Gasteiger partial charge is 0.210 e. The number of rotatable bonds is 5. The summed E-state index contributed by atoms with van der Waals surface area (Å²) in [6.07, 6.45) is 0. The van der Waals surface area contributed by atoms with E-state index in [-0.39, 0.29) is 0 Å². The minimum atomic E-state index is 0.531. The van der Waals surface area contributed by atoms with Crippen LogP contribution in [0.5, 0.6) is 11.5 Å². The van der Waals surface area contributed by atoms with Gasteiger partial charge in [-0.2, -0.15) is 0 Å². The molecule has 0 aliphatic carbocycles. The summed E-state index contributed by atoms with van der Waals surface area (Å²) < 4.78 is 12.0. The van der Waals surface area contributed by atoms with E-state index in [0.29, 0.717) is 29.7 Å². The van der Waals surface area contributed by atoms with Crippen molar-refractivity contribution in [3.63, 3.8) is 0 Å². The van der Waals surface area contributed by atoms with Crippen LogP contribution in [0.2, 0.25) is 5.02 Å². The largest absolute Gasteiger partial charge is 0.486 e. The second-order valence-corrected chi connectivity index (χ2v) is 7.86. The zero-order valence-corrected chi connectivity index (χ0v) is 15.5. The van der Waals surface area contributed by atoms with Gasteiger partial charge < -0.3 is 14.8 Å². The van der Waals surface area contributed by atoms with E-state index in [1.54, 1.807) is 11.8 Å². The molecular formula is C17H14ClN3O2S2. The Hall–Kier alpha value is -1.96. The third-order valence-corrected chi connectivity index (χ3v) is 5.77. The number of halogens is 1. The number of anilines is 2. The molecule has 2 aromatic carbocycles. The molecule has 0 unspecified atom stereocenters. The van der Waals surface area contributed by atoms with Crippen molar-refractivity contribution < 1.29 is 9.47 Å². The highest BCUT2D eigenvalue weighted by Gasteiger charge is 2.17. The number of thioether (sulfide) groups is 1. The van der Waals surface area contributed by atoms with Gasteiger partial charge in [0.25, 0.3) is 0 Å². The van der Waals surface area contributed by atoms with E-state index in [0.717, 1.165) is 26.5 Å². The van der Waals surface area contributed by atoms with Gasteiger partial charge >= 0.3 is 0 Å². The monoisotopic (exact) mass is 391 g/mol. The van der Waals surface area contributed by atoms with Crippen LogP contribution in [-0.2, 0) is 5.75 Å². The maximum atomic E-state index is 6.27. The molecule has 0 fully saturated rings. The lowest BCUT2D eigenvalue weighted by atomic mass is 10.2. The SMILES string of the molecule is Clc1cc(CSc2nnc(Nc3ccccc3)s2)cc2c1OCCO2. The molecule has 3 aromatic rings. The molecule has 0 spiro atoms. The highest BCUT2D eigenvalue weighted by molar-refractivity contribution is 8.00. The lowest BCUT2D eigenvalue weighted by Crippen LogP contribution is -2.15. The van der Waals surface area contributed by atoms with Crippen molar-refractivity contribution in [1.29, 1.82) is 0 Å². The Labute approximate surface area is 158 Å². The number of nitrogens with one attached hydrogen (secondary N) is 1. The number of benzene rings is 2. The standard InChI is InChI=1S/C17H14ClN3O2S2/c18-13-8-11(9-14-15(13)23-7-6-22-14)10-24-17-21-20-16(25-17)19-12-4-2-1-3-5-12/h1-5,8-9H,6-7,10H2,(H,19,20). The number of nitrogens with zero attached hydrogens (tertiary/aromatic N) is 2. The molecule has 1 aliphatic rings. The average Bonchev–Trinajstić information content (AvgIpc) is 3.08. The number of aromatic nitrogens is 2. The Morgan fingerprint density at radius 2 is 1.96 bits per heavy atom. The van der Waals surface area contributed by atoms with Crippen molar-refractivity contribution in [2.45, 2.75) is 10.1 Å². The average molecular weight is 392 g/mol. The van der Waals surface area contributed by atoms with E-state index in [9.17, 15) is 0 Å². The molecule has 1 aliphatic heterocycles. The third kappa shape index (κ3) is 4.00. The van der Waals surface area contributed by atoms with Crippen LogP contribution in [0.25, 0.3) is 0 Å². The quantitative estimate of drug-likeness (QED) is 0.618. The van der Waals surface area contributed by atoms with Crippen molar-refractivity contribution in [3.8, 4) is 11.5 Å². The number of hydrogen-bond donors (Lipinski definition) is 1. The fourth-order valence-electron chi connectivity index (χ4n) is 2.36. The molecule has 0 saturated carbocycles. The minimum absolute atomic E-state index is 0.531. The van der Waals surface area contributed by atoms with Gasteiger partial charge in [-0.05, 0) is 29.8 Å². The van der Waals surface area contributed by atoms with Crippen LogP contribution in [0.1, 0.15) is 5.56 Å². The molecule has 8 heteroatoms. The normalized spacial score (nSPS) is 12.8. The predicted octanol–water partition coefficient (Wildman–Crippen LogP) is 5.00. The Kier molecular flexibility index (Phi) is 4.96. The van der Waals surface area contributed by atoms with Crippen LogP contribution >= 0.6 is 34.7 Å². The number of ether oxygens (including phenoxy) is 2. The van der Waals surface area contributed by atoms with Gasteiger partial charge in [-0.1, -0.05) is 52.9 Å². The summed E-state index contributed by atoms with van der Waals surface area (Å²) in [4.78, 5) is 0. The third-order valence-electron chi connectivity index (χ3n) is 3.45. The van der Waals surface area contributed by atoms with Crippen molar-refractivity contribution in [2.75, 3.05) is 18.5 Å². The molecule has 0 radical (unpaired) electrons. The summed E-state index contributed by atoms with van der Waals surface area (Å²) in [5.41, 5.74) is 2.06. The number of para-hydroxylation sites is 1. The van der Waals surface area contributed by atoms with Gasteiger partial charge in [0.15, 0.2) is 15.8 Å². The minimum Gasteiger partial charge on any atom is -0.486 e. The summed E-state index contributed by atoms with van der Waals surface area (Å²) in [6, 6.07) is 13.8. The predicted molar refractivity (Wildman–Crippen MR) is 102 cm³/mol. The number of fused-ring (bicyclic) bond motifs is 1. The van der Waals surface area contributed by atoms with Crippen molar-refractivity contribution >= 4 is 45.5 Å². The van der Waals surface area contributed by atoms with Gasteiger partial charge in [0, 0.05) is 11.4 Å². The Morgan fingerprint density at radius 3 is 2.84 bits per heavy atom. The van der Waals surface area contributed by atoms with Gasteiger partial charge in [-0.15, -0.1) is 10.2 Å². The lowest BCUT2D eigenvalue weighted by molar-refractivity contribution is 0.171. The maximum absolute atomic E-state index is 6.27. The van der Waals surface area contributed by atoms with E-state index < -0.39 is 0 Å². The lowest BCUT2D eigenvalue weighted by Gasteiger charge is -2.20. The van der Waals surface area contributed by atoms with E-state index in [1.165, 1.54) is 11.3 Å². The van der Waals surface area contributed by atoms with Crippen LogP contribution in [0.15, 0.2) is 46.8 Å². The molecule has 1 aromatic heterocycles. The van der Waals surface area contributed by atoms with Crippen molar-refractivity contribution in [2.24, 2.45) is 0 Å². The highest BCUT2D eigenvalue weighted by atomic mass is 35.5. The molecule has 0 amide bonds. The molecule has 0 saturated heterocycles. The van der Waals surface area contributed by atoms with Crippen molar-refractivity contribution in [3.05, 3.63) is 53.1 Å². The van der Waals surface area contributed by atoms with E-state index >= 15 is 0 Å². The first kappa shape index (κ1) is 16.5. The fourth-order valence-corrected chi connectivity index (χ4v) is 4.35. The molecule has 0 atom stereocenters. The zero-order valence-electron chi connectivity index (χ0n) is 13.1. The van der Waals surface area contributed by atoms with Gasteiger partial charge in [-0.25, -0.2) is 0 Å². The van der Waals surface area contributed by atoms with Gasteiger partial charge in [0.2, 0.25) is 5.13 Å². The van der Waals surface area contributed by atoms with E-state index in [4.69, 9.17) is 21.1 Å². The number of hydrogen-bond acceptors (Lipinski definition) is 7. The van der Waals surface area contributed by atoms with Crippen LogP contribution in [-0.4, -0.2) is 23.4 Å². The molecule has 0 bridgehead atoms. The van der Waals surface area contributed by atoms with E-state index in [1.807, 2.05) is 42.5 Å². The van der Waals surface area contributed by atoms with Gasteiger partial charge in [0.05, 0.1) is 5.02 Å². The summed E-state index contributed by atoms with van der Waals surface area (Å²) >= 11 is 9.41. The fraction of sp³-hybridized carbons (Fsp3) is 0.176. The van der Waals surface area contributed by atoms with Crippen LogP contribution in [0.3, 0.4) is 0 Å². The summed E-state index contributed by atoms with van der Waals surface area (Å²) in [7, 11) is 0. The summed E-state index contributed by atoms with van der Waals surface area (Å²) in [5.74, 6) is 2.07. The molecule has 5 nitrogen and oxygen atoms in total. The molecule has 4 rings (SSSR count). The molecule has 1 N–H and O–H groups in total. The first-order valence-electron chi connectivity index (χ1n) is 7.64. The summed E-state index contributed by atoms with van der Waals surface area (Å²) in [6.45, 7) is 1.08. The van der Waals surface area contributed by atoms with Crippen LogP contribution in [0.4, 0.5) is 10.8 Å². The first-order valence-corrected chi connectivity index (χ1v) is 9.82. The van der Waals surface area contributed by atoms with Crippen molar-refractivity contribution in [1.82, 2.24) is 10.2 Å². The van der Waals surface area contributed by atoms with Gasteiger partial charge in [0.1, 0.15) is 13.2 Å². The molecule has 25 heavy (non-hydrogen) atoms. The first-order chi connectivity index (χ1) is 12.3. The van der Waals surface area contributed by atoms with Gasteiger partial charge in [-0.3, -0.25) is 0 Å². The molecular weight excluding hydrogens is 378 g/mol. The topological polar surface area (TPSA) is 56.3 Å².